The number of carboxylic acid groups (broad SMARTS) is 1. The number of rotatable bonds is 4. The van der Waals surface area contributed by atoms with Gasteiger partial charge in [0.25, 0.3) is 0 Å². The largest absolute Gasteiger partial charge is 0.481 e. The second-order valence-electron chi connectivity index (χ2n) is 3.35. The zero-order chi connectivity index (χ0) is 9.02. The molecule has 0 aromatic rings. The van der Waals surface area contributed by atoms with E-state index >= 15 is 0 Å². The summed E-state index contributed by atoms with van der Waals surface area (Å²) in [6, 6.07) is 0. The molecule has 0 radical (unpaired) electrons. The third-order valence-electron chi connectivity index (χ3n) is 1.69. The van der Waals surface area contributed by atoms with Crippen LogP contribution in [0.5, 0.6) is 0 Å². The van der Waals surface area contributed by atoms with Gasteiger partial charge in [-0.05, 0) is 19.3 Å². The van der Waals surface area contributed by atoms with Crippen molar-refractivity contribution >= 4 is 5.97 Å². The summed E-state index contributed by atoms with van der Waals surface area (Å²) in [5.74, 6) is -0.806. The number of aliphatic carboxylic acids is 1. The summed E-state index contributed by atoms with van der Waals surface area (Å²) in [5.41, 5.74) is 0.936. The molecule has 0 aliphatic rings. The van der Waals surface area contributed by atoms with Crippen molar-refractivity contribution < 1.29 is 9.90 Å². The van der Waals surface area contributed by atoms with E-state index in [1.807, 2.05) is 20.8 Å². The first-order valence-corrected chi connectivity index (χ1v) is 3.82. The van der Waals surface area contributed by atoms with E-state index in [1.165, 1.54) is 0 Å². The summed E-state index contributed by atoms with van der Waals surface area (Å²) in [7, 11) is 0. The summed E-state index contributed by atoms with van der Waals surface area (Å²) >= 11 is 0. The molecule has 0 rings (SSSR count). The Hall–Kier alpha value is -0.790. The highest BCUT2D eigenvalue weighted by Gasteiger charge is 2.20. The van der Waals surface area contributed by atoms with E-state index in [2.05, 4.69) is 6.58 Å². The first-order valence-electron chi connectivity index (χ1n) is 3.82. The molecule has 0 aliphatic carbocycles. The lowest BCUT2D eigenvalue weighted by atomic mass is 9.90. The lowest BCUT2D eigenvalue weighted by Crippen LogP contribution is -2.19. The van der Waals surface area contributed by atoms with Crippen LogP contribution < -0.4 is 0 Å². The molecular weight excluding hydrogens is 140 g/mol. The van der Waals surface area contributed by atoms with E-state index in [9.17, 15) is 4.79 Å². The fraction of sp³-hybridized carbons (Fsp3) is 0.667. The Kier molecular flexibility index (Phi) is 3.86. The highest BCUT2D eigenvalue weighted by Crippen LogP contribution is 2.18. The van der Waals surface area contributed by atoms with Crippen molar-refractivity contribution in [2.24, 2.45) is 11.8 Å². The van der Waals surface area contributed by atoms with Gasteiger partial charge in [0, 0.05) is 0 Å². The molecule has 1 N–H and O–H groups in total. The number of carbonyl (C=O) groups is 1. The Labute approximate surface area is 67.9 Å². The van der Waals surface area contributed by atoms with E-state index in [-0.39, 0.29) is 11.8 Å². The van der Waals surface area contributed by atoms with Crippen molar-refractivity contribution in [1.29, 1.82) is 0 Å². The number of hydrogen-bond donors (Lipinski definition) is 1. The van der Waals surface area contributed by atoms with Crippen molar-refractivity contribution in [3.05, 3.63) is 12.2 Å². The second kappa shape index (κ2) is 4.16. The molecule has 0 spiro atoms. The topological polar surface area (TPSA) is 37.3 Å². The van der Waals surface area contributed by atoms with E-state index in [0.29, 0.717) is 6.42 Å². The fourth-order valence-corrected chi connectivity index (χ4v) is 0.984. The highest BCUT2D eigenvalue weighted by atomic mass is 16.4. The summed E-state index contributed by atoms with van der Waals surface area (Å²) in [5, 5.41) is 8.75. The van der Waals surface area contributed by atoms with Crippen molar-refractivity contribution in [1.82, 2.24) is 0 Å². The monoisotopic (exact) mass is 156 g/mol. The Balaban J connectivity index is 4.12. The first-order chi connectivity index (χ1) is 4.95. The van der Waals surface area contributed by atoms with Crippen molar-refractivity contribution in [3.63, 3.8) is 0 Å². The lowest BCUT2D eigenvalue weighted by molar-refractivity contribution is -0.143. The first kappa shape index (κ1) is 10.2. The van der Waals surface area contributed by atoms with Crippen molar-refractivity contribution in [2.45, 2.75) is 27.2 Å². The van der Waals surface area contributed by atoms with Gasteiger partial charge in [-0.15, -0.1) is 6.58 Å². The number of carboxylic acids is 1. The van der Waals surface area contributed by atoms with Gasteiger partial charge in [-0.2, -0.15) is 0 Å². The molecule has 0 aromatic heterocycles. The van der Waals surface area contributed by atoms with Crippen LogP contribution >= 0.6 is 0 Å². The maximum Gasteiger partial charge on any atom is 0.307 e. The van der Waals surface area contributed by atoms with Gasteiger partial charge in [-0.1, -0.05) is 19.4 Å². The standard InChI is InChI=1S/C9H16O2/c1-6(2)5-8(7(3)4)9(10)11/h7-8H,1,5H2,2-4H3,(H,10,11). The van der Waals surface area contributed by atoms with Gasteiger partial charge in [-0.3, -0.25) is 4.79 Å². The summed E-state index contributed by atoms with van der Waals surface area (Å²) in [6.07, 6.45) is 0.590. The molecule has 1 unspecified atom stereocenters. The van der Waals surface area contributed by atoms with Crippen LogP contribution in [-0.4, -0.2) is 11.1 Å². The predicted octanol–water partition coefficient (Wildman–Crippen LogP) is 2.31. The molecule has 0 aromatic carbocycles. The minimum atomic E-state index is -0.719. The van der Waals surface area contributed by atoms with Crippen LogP contribution in [-0.2, 0) is 4.79 Å². The molecule has 0 aliphatic heterocycles. The Morgan fingerprint density at radius 3 is 2.09 bits per heavy atom. The average molecular weight is 156 g/mol. The van der Waals surface area contributed by atoms with E-state index in [0.717, 1.165) is 5.57 Å². The van der Waals surface area contributed by atoms with Gasteiger partial charge in [-0.25, -0.2) is 0 Å². The van der Waals surface area contributed by atoms with Crippen LogP contribution in [0.25, 0.3) is 0 Å². The Morgan fingerprint density at radius 2 is 2.00 bits per heavy atom. The molecule has 0 heterocycles. The second-order valence-corrected chi connectivity index (χ2v) is 3.35. The van der Waals surface area contributed by atoms with Gasteiger partial charge in [0.15, 0.2) is 0 Å². The minimum absolute atomic E-state index is 0.184. The maximum atomic E-state index is 10.6. The average Bonchev–Trinajstić information content (AvgIpc) is 1.81. The molecule has 64 valence electrons. The van der Waals surface area contributed by atoms with Gasteiger partial charge in [0.2, 0.25) is 0 Å². The van der Waals surface area contributed by atoms with Crippen LogP contribution in [0.1, 0.15) is 27.2 Å². The van der Waals surface area contributed by atoms with Crippen LogP contribution in [0.4, 0.5) is 0 Å². The van der Waals surface area contributed by atoms with E-state index in [4.69, 9.17) is 5.11 Å². The zero-order valence-electron chi connectivity index (χ0n) is 7.42. The molecule has 0 saturated carbocycles. The molecule has 0 fully saturated rings. The van der Waals surface area contributed by atoms with Gasteiger partial charge >= 0.3 is 5.97 Å². The molecule has 0 saturated heterocycles. The van der Waals surface area contributed by atoms with Crippen LogP contribution in [0.3, 0.4) is 0 Å². The normalized spacial score (nSPS) is 13.1. The smallest absolute Gasteiger partial charge is 0.307 e. The summed E-state index contributed by atoms with van der Waals surface area (Å²) in [6.45, 7) is 9.39. The maximum absolute atomic E-state index is 10.6. The molecule has 0 bridgehead atoms. The number of allylic oxidation sites excluding steroid dienone is 1. The Morgan fingerprint density at radius 1 is 1.55 bits per heavy atom. The third-order valence-corrected chi connectivity index (χ3v) is 1.69. The van der Waals surface area contributed by atoms with Crippen molar-refractivity contribution in [3.8, 4) is 0 Å². The summed E-state index contributed by atoms with van der Waals surface area (Å²) < 4.78 is 0. The zero-order valence-corrected chi connectivity index (χ0v) is 7.42. The van der Waals surface area contributed by atoms with E-state index < -0.39 is 5.97 Å². The third kappa shape index (κ3) is 3.81. The minimum Gasteiger partial charge on any atom is -0.481 e. The van der Waals surface area contributed by atoms with Gasteiger partial charge < -0.3 is 5.11 Å². The molecule has 0 amide bonds. The predicted molar refractivity (Wildman–Crippen MR) is 45.4 cm³/mol. The lowest BCUT2D eigenvalue weighted by Gasteiger charge is -2.15. The van der Waals surface area contributed by atoms with Crippen LogP contribution in [0.15, 0.2) is 12.2 Å². The quantitative estimate of drug-likeness (QED) is 0.634. The van der Waals surface area contributed by atoms with Crippen LogP contribution in [0.2, 0.25) is 0 Å². The molecule has 2 heteroatoms. The number of hydrogen-bond acceptors (Lipinski definition) is 1. The van der Waals surface area contributed by atoms with Gasteiger partial charge in [0.1, 0.15) is 0 Å². The Bertz CT molecular complexity index is 159. The van der Waals surface area contributed by atoms with Crippen molar-refractivity contribution in [2.75, 3.05) is 0 Å². The molecule has 11 heavy (non-hydrogen) atoms. The summed E-state index contributed by atoms with van der Waals surface area (Å²) in [4.78, 5) is 10.6. The SMILES string of the molecule is C=C(C)CC(C(=O)O)C(C)C. The molecule has 2 nitrogen and oxygen atoms in total. The molecule has 1 atom stereocenters. The van der Waals surface area contributed by atoms with E-state index in [1.54, 1.807) is 0 Å². The van der Waals surface area contributed by atoms with Gasteiger partial charge in [0.05, 0.1) is 5.92 Å². The van der Waals surface area contributed by atoms with Crippen LogP contribution in [0, 0.1) is 11.8 Å². The highest BCUT2D eigenvalue weighted by molar-refractivity contribution is 5.70. The fourth-order valence-electron chi connectivity index (χ4n) is 0.984. The molecular formula is C9H16O2.